The van der Waals surface area contributed by atoms with Crippen LogP contribution in [0.3, 0.4) is 0 Å². The summed E-state index contributed by atoms with van der Waals surface area (Å²) in [5.41, 5.74) is -3.94. The van der Waals surface area contributed by atoms with E-state index in [9.17, 15) is 88.0 Å². The van der Waals surface area contributed by atoms with E-state index in [0.717, 1.165) is 48.6 Å². The number of H-pyrrole nitrogens is 4. The number of nitrogens with zero attached hydrogens (tertiary/aromatic N) is 8. The summed E-state index contributed by atoms with van der Waals surface area (Å²) in [6, 6.07) is 26.3. The first-order valence-corrected chi connectivity index (χ1v) is 34.2. The molecule has 0 aliphatic rings. The number of aromatic nitrogens is 6. The van der Waals surface area contributed by atoms with E-state index in [1.54, 1.807) is 60.7 Å². The van der Waals surface area contributed by atoms with Gasteiger partial charge in [0.25, 0.3) is 30.4 Å². The molecule has 34 nitrogen and oxygen atoms in total. The molecular weight excluding hydrogens is 1450 g/mol. The number of rotatable bonds is 24. The summed E-state index contributed by atoms with van der Waals surface area (Å²) in [7, 11) is -31.7. The van der Waals surface area contributed by atoms with Gasteiger partial charge < -0.3 is 44.5 Å². The van der Waals surface area contributed by atoms with Crippen molar-refractivity contribution in [3.63, 3.8) is 0 Å². The summed E-state index contributed by atoms with van der Waals surface area (Å²) in [5.74, 6) is -2.49. The molecule has 0 atom stereocenters. The summed E-state index contributed by atoms with van der Waals surface area (Å²) >= 11 is 0. The summed E-state index contributed by atoms with van der Waals surface area (Å²) in [6.07, 6.45) is 1.21. The summed E-state index contributed by atoms with van der Waals surface area (Å²) < 4.78 is 217. The van der Waals surface area contributed by atoms with E-state index < -0.39 is 149 Å². The Kier molecular flexibility index (Phi) is 32.3. The molecule has 0 aliphatic carbocycles. The van der Waals surface area contributed by atoms with Gasteiger partial charge in [0, 0.05) is 26.2 Å². The van der Waals surface area contributed by atoms with E-state index in [2.05, 4.69) is 49.9 Å². The Morgan fingerprint density at radius 2 is 0.794 bits per heavy atom. The normalized spacial score (nSPS) is 12.7. The average molecular weight is 1490 g/mol. The van der Waals surface area contributed by atoms with Crippen LogP contribution in [0.2, 0.25) is 0 Å². The van der Waals surface area contributed by atoms with Crippen molar-refractivity contribution in [3.05, 3.63) is 178 Å². The molecule has 0 spiro atoms. The van der Waals surface area contributed by atoms with Crippen molar-refractivity contribution in [1.29, 1.82) is 10.8 Å². The second kappa shape index (κ2) is 36.2. The molecule has 0 unspecified atom stereocenters. The smallest absolute Gasteiger partial charge is 0.862 e. The molecule has 484 valence electrons. The first kappa shape index (κ1) is 86.5. The molecule has 97 heavy (non-hydrogen) atoms. The molecule has 45 heteroatoms. The SMILES string of the molecule is N=C([O-])CCN(Cc1ccccc1)c1nc(=Nc2ccc(/C=C/c3ccc(N=c4nc(N(CCC(=N)[O-])Cc5ccccc5)[nH]c(=Nc5cc(S(=O)(=O)[O-])ccc5S(=O)(=O)O)[nH]4)cc3S(=O)(=O)O)c(S(=O)(=O)O)c2)[nH]c(=Nc2cc(S(=O)(=O)[O-])ccc2S(=O)(=O)[O-])[nH]1.[Na+].[Na+].[Na+].[Na+].[Na+]. The number of nitrogens with one attached hydrogen (secondary N) is 6. The molecule has 0 saturated heterocycles. The Hall–Kier alpha value is -4.72. The molecule has 0 bridgehead atoms. The first-order valence-electron chi connectivity index (χ1n) is 25.7. The first-order chi connectivity index (χ1) is 43.0. The second-order valence-electron chi connectivity index (χ2n) is 19.1. The molecule has 0 saturated carbocycles. The van der Waals surface area contributed by atoms with E-state index >= 15 is 0 Å². The summed E-state index contributed by atoms with van der Waals surface area (Å²) in [6.45, 7) is -0.530. The van der Waals surface area contributed by atoms with Crippen molar-refractivity contribution in [2.45, 2.75) is 55.3 Å². The van der Waals surface area contributed by atoms with E-state index in [-0.39, 0.29) is 208 Å². The van der Waals surface area contributed by atoms with Gasteiger partial charge in [-0.15, -0.1) is 0 Å². The molecule has 0 amide bonds. The van der Waals surface area contributed by atoms with Gasteiger partial charge in [-0.2, -0.15) is 35.2 Å². The van der Waals surface area contributed by atoms with E-state index in [1.165, 1.54) is 9.80 Å². The molecule has 2 aromatic heterocycles. The Bertz CT molecular complexity index is 4980. The van der Waals surface area contributed by atoms with Crippen molar-refractivity contribution < 1.29 is 236 Å². The number of aromatic amines is 4. The van der Waals surface area contributed by atoms with Crippen molar-refractivity contribution in [2.24, 2.45) is 20.0 Å². The molecule has 6 aromatic carbocycles. The Labute approximate surface area is 663 Å². The minimum atomic E-state index is -5.43. The van der Waals surface area contributed by atoms with Crippen LogP contribution in [0.1, 0.15) is 35.1 Å². The molecule has 0 fully saturated rings. The number of hydrogen-bond donors (Lipinski definition) is 9. The third kappa shape index (κ3) is 25.1. The summed E-state index contributed by atoms with van der Waals surface area (Å²) in [4.78, 5) is 33.2. The fraction of sp³-hybridized carbons (Fsp3) is 0.115. The number of anilines is 2. The summed E-state index contributed by atoms with van der Waals surface area (Å²) in [5, 5.41) is 39.0. The largest absolute Gasteiger partial charge is 1.00 e. The maximum Gasteiger partial charge on any atom is 1.00 e. The molecular formula is C52H45N14Na5O20S6. The Balaban J connectivity index is 0.00000490. The maximum absolute atomic E-state index is 13.1. The fourth-order valence-electron chi connectivity index (χ4n) is 8.40. The molecule has 8 aromatic rings. The van der Waals surface area contributed by atoms with E-state index in [0.29, 0.717) is 47.5 Å². The maximum atomic E-state index is 13.1. The zero-order chi connectivity index (χ0) is 67.1. The molecule has 9 N–H and O–H groups in total. The van der Waals surface area contributed by atoms with E-state index in [4.69, 9.17) is 10.8 Å². The van der Waals surface area contributed by atoms with Crippen LogP contribution in [0.25, 0.3) is 12.2 Å². The van der Waals surface area contributed by atoms with Gasteiger partial charge in [0.2, 0.25) is 34.4 Å². The third-order valence-electron chi connectivity index (χ3n) is 12.5. The van der Waals surface area contributed by atoms with Crippen molar-refractivity contribution in [2.75, 3.05) is 22.9 Å². The van der Waals surface area contributed by atoms with Gasteiger partial charge in [-0.3, -0.25) is 33.6 Å². The van der Waals surface area contributed by atoms with Gasteiger partial charge >= 0.3 is 148 Å². The number of hydrogen-bond acceptors (Lipinski definition) is 27. The fourth-order valence-corrected chi connectivity index (χ4v) is 12.0. The standard InChI is InChI=1S/C52H50N14O20S6.5Na/c53-45(67)21-23-65(29-31-7-3-1-4-8-31)51-61-47(59-49(63-51)57-39-27-37(87(69,70)71)17-19-41(39)89(75,76)77)55-35-15-13-33(43(25-35)91(81,82)83)11-12-34-14-16-36(26-44(34)92(84,85)86)56-48-60-50(58-40-28-38(88(72,73)74)18-20-42(40)90(78,79)80)64-52(62-48)66(24-22-46(54)68)30-32-9-5-2-6-10-32;;;;;/h1-20,25-28H,21-24,29-30H2,(H2,53,67)(H2,54,68)(H,69,70,71)(H,72,73,74)(H,75,76,77)(H,78,79,80)(H,81,82,83)(H,84,85,86)(H2,55,57,59,61,63)(H2,56,58,60,62,64);;;;;/q;5*+1/p-5/b12-11+;;;;;. The zero-order valence-electron chi connectivity index (χ0n) is 51.4. The molecule has 2 heterocycles. The van der Waals surface area contributed by atoms with Crippen LogP contribution in [0, 0.1) is 10.8 Å². The predicted octanol–water partition coefficient (Wildman–Crippen LogP) is -14.2. The van der Waals surface area contributed by atoms with Gasteiger partial charge in [-0.1, -0.05) is 84.9 Å². The zero-order valence-corrected chi connectivity index (χ0v) is 66.3. The van der Waals surface area contributed by atoms with Crippen LogP contribution in [0.5, 0.6) is 0 Å². The van der Waals surface area contributed by atoms with Crippen molar-refractivity contribution >= 4 is 119 Å². The van der Waals surface area contributed by atoms with Gasteiger partial charge in [0.1, 0.15) is 45.0 Å². The van der Waals surface area contributed by atoms with Gasteiger partial charge in [-0.05, 0) is 108 Å². The minimum Gasteiger partial charge on any atom is -0.862 e. The second-order valence-corrected chi connectivity index (χ2v) is 27.4. The average Bonchev–Trinajstić information content (AvgIpc) is 0.806. The van der Waals surface area contributed by atoms with Crippen LogP contribution in [0.4, 0.5) is 34.6 Å². The molecule has 0 radical (unpaired) electrons. The Morgan fingerprint density at radius 3 is 1.12 bits per heavy atom. The van der Waals surface area contributed by atoms with Crippen molar-refractivity contribution in [3.8, 4) is 0 Å². The molecule has 8 rings (SSSR count). The minimum absolute atomic E-state index is 0. The quantitative estimate of drug-likeness (QED) is 0.00892. The predicted molar refractivity (Wildman–Crippen MR) is 314 cm³/mol. The monoisotopic (exact) mass is 1490 g/mol. The van der Waals surface area contributed by atoms with Crippen molar-refractivity contribution in [1.82, 2.24) is 29.9 Å². The topological polar surface area (TPSA) is 573 Å². The number of benzene rings is 6. The van der Waals surface area contributed by atoms with Crippen LogP contribution >= 0.6 is 0 Å². The van der Waals surface area contributed by atoms with Crippen LogP contribution < -0.4 is 190 Å². The Morgan fingerprint density at radius 1 is 0.443 bits per heavy atom. The van der Waals surface area contributed by atoms with Gasteiger partial charge in [-0.25, -0.2) is 45.2 Å². The van der Waals surface area contributed by atoms with E-state index in [1.807, 2.05) is 0 Å². The van der Waals surface area contributed by atoms with Crippen LogP contribution in [-0.2, 0) is 73.8 Å². The molecule has 0 aliphatic heterocycles. The van der Waals surface area contributed by atoms with Gasteiger partial charge in [0.15, 0.2) is 0 Å². The third-order valence-corrected chi connectivity index (χ3v) is 17.8. The van der Waals surface area contributed by atoms with Crippen LogP contribution in [-0.4, -0.2) is 133 Å². The van der Waals surface area contributed by atoms with Crippen LogP contribution in [0.15, 0.2) is 183 Å². The van der Waals surface area contributed by atoms with Gasteiger partial charge in [0.05, 0.1) is 37.4 Å².